The molecule has 0 atom stereocenters. The minimum absolute atomic E-state index is 0.318. The van der Waals surface area contributed by atoms with E-state index in [1.807, 2.05) is 20.9 Å². The molecule has 21 heavy (non-hydrogen) atoms. The van der Waals surface area contributed by atoms with Crippen LogP contribution in [0.2, 0.25) is 10.0 Å². The van der Waals surface area contributed by atoms with Crippen molar-refractivity contribution in [3.8, 4) is 11.6 Å². The zero-order valence-electron chi connectivity index (χ0n) is 12.5. The predicted octanol–water partition coefficient (Wildman–Crippen LogP) is 4.35. The fraction of sp³-hybridized carbons (Fsp3) is 0.429. The summed E-state index contributed by atoms with van der Waals surface area (Å²) in [5, 5.41) is 8.29. The standard InChI is InChI=1S/C14H18Cl2N4O/c1-5-6-17-13-10(15)7-11(16)14(18-13)21-12-8(2)19-20(4)9(12)3/h7H,5-6H2,1-4H3,(H,17,18). The van der Waals surface area contributed by atoms with Crippen molar-refractivity contribution in [3.63, 3.8) is 0 Å². The lowest BCUT2D eigenvalue weighted by molar-refractivity contribution is 0.456. The van der Waals surface area contributed by atoms with Gasteiger partial charge in [0, 0.05) is 13.6 Å². The SMILES string of the molecule is CCCNc1nc(Oc2c(C)nn(C)c2C)c(Cl)cc1Cl. The Morgan fingerprint density at radius 2 is 2.00 bits per heavy atom. The Labute approximate surface area is 134 Å². The summed E-state index contributed by atoms with van der Waals surface area (Å²) in [5.41, 5.74) is 1.69. The van der Waals surface area contributed by atoms with Gasteiger partial charge in [-0.05, 0) is 26.3 Å². The van der Waals surface area contributed by atoms with Crippen LogP contribution in [0.1, 0.15) is 24.7 Å². The van der Waals surface area contributed by atoms with Crippen LogP contribution >= 0.6 is 23.2 Å². The van der Waals surface area contributed by atoms with E-state index >= 15 is 0 Å². The van der Waals surface area contributed by atoms with Crippen molar-refractivity contribution in [2.45, 2.75) is 27.2 Å². The van der Waals surface area contributed by atoms with Gasteiger partial charge in [0.1, 0.15) is 16.5 Å². The quantitative estimate of drug-likeness (QED) is 0.886. The zero-order chi connectivity index (χ0) is 15.6. The van der Waals surface area contributed by atoms with Crippen LogP contribution in [-0.2, 0) is 7.05 Å². The lowest BCUT2D eigenvalue weighted by Gasteiger charge is -2.11. The summed E-state index contributed by atoms with van der Waals surface area (Å²) < 4.78 is 7.60. The van der Waals surface area contributed by atoms with Crippen LogP contribution in [0.25, 0.3) is 0 Å². The number of hydrogen-bond acceptors (Lipinski definition) is 4. The van der Waals surface area contributed by atoms with Gasteiger partial charge in [-0.15, -0.1) is 0 Å². The van der Waals surface area contributed by atoms with Gasteiger partial charge < -0.3 is 10.1 Å². The van der Waals surface area contributed by atoms with Crippen LogP contribution in [0.5, 0.6) is 11.6 Å². The normalized spacial score (nSPS) is 10.8. The van der Waals surface area contributed by atoms with E-state index in [1.165, 1.54) is 0 Å². The number of halogens is 2. The van der Waals surface area contributed by atoms with Crippen LogP contribution in [0, 0.1) is 13.8 Å². The first-order chi connectivity index (χ1) is 9.93. The number of aromatic nitrogens is 3. The van der Waals surface area contributed by atoms with Crippen LogP contribution in [0.4, 0.5) is 5.82 Å². The minimum Gasteiger partial charge on any atom is -0.434 e. The third-order valence-electron chi connectivity index (χ3n) is 3.08. The van der Waals surface area contributed by atoms with Gasteiger partial charge >= 0.3 is 0 Å². The van der Waals surface area contributed by atoms with Gasteiger partial charge in [0.05, 0.1) is 10.7 Å². The molecule has 0 aliphatic rings. The molecule has 0 unspecified atom stereocenters. The molecule has 1 N–H and O–H groups in total. The zero-order valence-corrected chi connectivity index (χ0v) is 14.0. The van der Waals surface area contributed by atoms with Crippen molar-refractivity contribution in [1.29, 1.82) is 0 Å². The van der Waals surface area contributed by atoms with Crippen LogP contribution in [0.3, 0.4) is 0 Å². The van der Waals surface area contributed by atoms with E-state index in [2.05, 4.69) is 22.3 Å². The number of ether oxygens (including phenoxy) is 1. The highest BCUT2D eigenvalue weighted by molar-refractivity contribution is 6.36. The Kier molecular flexibility index (Phi) is 4.96. The molecule has 2 aromatic heterocycles. The molecule has 0 spiro atoms. The number of nitrogens with zero attached hydrogens (tertiary/aromatic N) is 3. The van der Waals surface area contributed by atoms with Crippen molar-refractivity contribution in [1.82, 2.24) is 14.8 Å². The molecule has 0 bridgehead atoms. The third-order valence-corrected chi connectivity index (χ3v) is 3.64. The average molecular weight is 329 g/mol. The van der Waals surface area contributed by atoms with E-state index < -0.39 is 0 Å². The third kappa shape index (κ3) is 3.41. The second kappa shape index (κ2) is 6.54. The molecular weight excluding hydrogens is 311 g/mol. The molecule has 5 nitrogen and oxygen atoms in total. The molecule has 0 aromatic carbocycles. The fourth-order valence-electron chi connectivity index (χ4n) is 1.89. The smallest absolute Gasteiger partial charge is 0.240 e. The lowest BCUT2D eigenvalue weighted by atomic mass is 10.3. The minimum atomic E-state index is 0.318. The van der Waals surface area contributed by atoms with Gasteiger partial charge in [0.2, 0.25) is 5.88 Å². The van der Waals surface area contributed by atoms with E-state index in [4.69, 9.17) is 27.9 Å². The molecule has 2 aromatic rings. The first-order valence-electron chi connectivity index (χ1n) is 6.72. The molecular formula is C14H18Cl2N4O. The molecule has 0 saturated carbocycles. The van der Waals surface area contributed by atoms with E-state index in [0.29, 0.717) is 27.5 Å². The molecule has 0 saturated heterocycles. The number of pyridine rings is 1. The van der Waals surface area contributed by atoms with Crippen LogP contribution in [0.15, 0.2) is 6.07 Å². The summed E-state index contributed by atoms with van der Waals surface area (Å²) in [6.07, 6.45) is 0.970. The van der Waals surface area contributed by atoms with Gasteiger partial charge in [-0.1, -0.05) is 30.1 Å². The van der Waals surface area contributed by atoms with Crippen molar-refractivity contribution >= 4 is 29.0 Å². The summed E-state index contributed by atoms with van der Waals surface area (Å²) in [4.78, 5) is 4.36. The lowest BCUT2D eigenvalue weighted by Crippen LogP contribution is -2.04. The Morgan fingerprint density at radius 1 is 1.29 bits per heavy atom. The molecule has 0 aliphatic heterocycles. The van der Waals surface area contributed by atoms with E-state index in [9.17, 15) is 0 Å². The Balaban J connectivity index is 2.35. The van der Waals surface area contributed by atoms with Gasteiger partial charge in [0.15, 0.2) is 5.75 Å². The van der Waals surface area contributed by atoms with Crippen LogP contribution in [-0.4, -0.2) is 21.3 Å². The maximum atomic E-state index is 6.17. The summed E-state index contributed by atoms with van der Waals surface area (Å²) >= 11 is 12.3. The molecule has 0 radical (unpaired) electrons. The number of rotatable bonds is 5. The Bertz CT molecular complexity index is 655. The maximum absolute atomic E-state index is 6.17. The van der Waals surface area contributed by atoms with Crippen molar-refractivity contribution < 1.29 is 4.74 Å². The molecule has 7 heteroatoms. The predicted molar refractivity (Wildman–Crippen MR) is 85.8 cm³/mol. The molecule has 2 heterocycles. The van der Waals surface area contributed by atoms with Gasteiger partial charge in [-0.25, -0.2) is 0 Å². The Morgan fingerprint density at radius 3 is 2.57 bits per heavy atom. The monoisotopic (exact) mass is 328 g/mol. The second-order valence-electron chi connectivity index (χ2n) is 4.76. The average Bonchev–Trinajstić information content (AvgIpc) is 2.66. The summed E-state index contributed by atoms with van der Waals surface area (Å²) in [6.45, 7) is 6.65. The van der Waals surface area contributed by atoms with E-state index in [0.717, 1.165) is 24.4 Å². The Hall–Kier alpha value is -1.46. The summed E-state index contributed by atoms with van der Waals surface area (Å²) in [6, 6.07) is 1.63. The molecule has 114 valence electrons. The molecule has 2 rings (SSSR count). The number of hydrogen-bond donors (Lipinski definition) is 1. The van der Waals surface area contributed by atoms with Gasteiger partial charge in [-0.2, -0.15) is 10.1 Å². The summed E-state index contributed by atoms with van der Waals surface area (Å²) in [7, 11) is 1.86. The first kappa shape index (κ1) is 15.9. The largest absolute Gasteiger partial charge is 0.434 e. The highest BCUT2D eigenvalue weighted by Crippen LogP contribution is 2.35. The first-order valence-corrected chi connectivity index (χ1v) is 7.47. The maximum Gasteiger partial charge on any atom is 0.240 e. The van der Waals surface area contributed by atoms with Crippen molar-refractivity contribution in [3.05, 3.63) is 27.5 Å². The van der Waals surface area contributed by atoms with Gasteiger partial charge in [-0.3, -0.25) is 4.68 Å². The molecule has 0 amide bonds. The number of anilines is 1. The van der Waals surface area contributed by atoms with Crippen molar-refractivity contribution in [2.75, 3.05) is 11.9 Å². The number of aryl methyl sites for hydroxylation is 2. The highest BCUT2D eigenvalue weighted by Gasteiger charge is 2.16. The fourth-order valence-corrected chi connectivity index (χ4v) is 2.35. The number of nitrogens with one attached hydrogen (secondary N) is 1. The molecule has 0 fully saturated rings. The van der Waals surface area contributed by atoms with Crippen molar-refractivity contribution in [2.24, 2.45) is 7.05 Å². The van der Waals surface area contributed by atoms with E-state index in [1.54, 1.807) is 10.7 Å². The highest BCUT2D eigenvalue weighted by atomic mass is 35.5. The molecule has 0 aliphatic carbocycles. The van der Waals surface area contributed by atoms with Gasteiger partial charge in [0.25, 0.3) is 0 Å². The summed E-state index contributed by atoms with van der Waals surface area (Å²) in [5.74, 6) is 1.55. The topological polar surface area (TPSA) is 52.0 Å². The van der Waals surface area contributed by atoms with E-state index in [-0.39, 0.29) is 0 Å². The second-order valence-corrected chi connectivity index (χ2v) is 5.57. The van der Waals surface area contributed by atoms with Crippen LogP contribution < -0.4 is 10.1 Å².